The zero-order valence-corrected chi connectivity index (χ0v) is 12.7. The van der Waals surface area contributed by atoms with Gasteiger partial charge in [-0.25, -0.2) is 0 Å². The maximum atomic E-state index is 12.6. The van der Waals surface area contributed by atoms with Crippen LogP contribution in [-0.4, -0.2) is 61.0 Å². The van der Waals surface area contributed by atoms with Gasteiger partial charge in [0.25, 0.3) is 0 Å². The molecule has 2 heterocycles. The van der Waals surface area contributed by atoms with E-state index in [-0.39, 0.29) is 16.7 Å². The van der Waals surface area contributed by atoms with Crippen molar-refractivity contribution in [3.8, 4) is 0 Å². The third kappa shape index (κ3) is 1.91. The molecule has 0 spiro atoms. The van der Waals surface area contributed by atoms with E-state index >= 15 is 0 Å². The molecule has 19 heavy (non-hydrogen) atoms. The van der Waals surface area contributed by atoms with E-state index in [4.69, 9.17) is 0 Å². The van der Waals surface area contributed by atoms with Crippen LogP contribution in [0.2, 0.25) is 0 Å². The van der Waals surface area contributed by atoms with Gasteiger partial charge in [-0.2, -0.15) is 0 Å². The molecule has 1 saturated carbocycles. The smallest absolute Gasteiger partial charge is 0.226 e. The topological polar surface area (TPSA) is 35.6 Å². The number of rotatable bonds is 2. The van der Waals surface area contributed by atoms with Gasteiger partial charge in [0, 0.05) is 51.2 Å². The summed E-state index contributed by atoms with van der Waals surface area (Å²) in [6, 6.07) is 0.714. The number of hydrogen-bond acceptors (Lipinski definition) is 3. The van der Waals surface area contributed by atoms with Crippen molar-refractivity contribution in [2.24, 2.45) is 16.7 Å². The van der Waals surface area contributed by atoms with Crippen molar-refractivity contribution >= 4 is 5.91 Å². The van der Waals surface area contributed by atoms with Gasteiger partial charge in [0.15, 0.2) is 0 Å². The number of carbonyl (C=O) groups is 1. The summed E-state index contributed by atoms with van der Waals surface area (Å²) in [7, 11) is 0. The molecule has 0 aromatic rings. The summed E-state index contributed by atoms with van der Waals surface area (Å²) >= 11 is 0. The Morgan fingerprint density at radius 2 is 1.53 bits per heavy atom. The van der Waals surface area contributed by atoms with Gasteiger partial charge >= 0.3 is 0 Å². The molecule has 0 unspecified atom stereocenters. The molecule has 108 valence electrons. The molecular weight excluding hydrogens is 238 g/mol. The zero-order chi connectivity index (χ0) is 13.8. The van der Waals surface area contributed by atoms with E-state index in [0.29, 0.717) is 11.9 Å². The highest BCUT2D eigenvalue weighted by Gasteiger charge is 2.68. The van der Waals surface area contributed by atoms with Crippen LogP contribution in [0.15, 0.2) is 0 Å². The third-order valence-electron chi connectivity index (χ3n) is 6.17. The molecule has 4 heteroatoms. The Kier molecular flexibility index (Phi) is 2.95. The fourth-order valence-corrected chi connectivity index (χ4v) is 3.84. The van der Waals surface area contributed by atoms with Gasteiger partial charge in [-0.15, -0.1) is 0 Å². The highest BCUT2D eigenvalue weighted by molar-refractivity contribution is 5.84. The number of nitrogens with one attached hydrogen (secondary N) is 1. The Morgan fingerprint density at radius 1 is 1.00 bits per heavy atom. The maximum Gasteiger partial charge on any atom is 0.226 e. The number of nitrogens with zero attached hydrogens (tertiary/aromatic N) is 2. The second kappa shape index (κ2) is 4.19. The first-order valence-electron chi connectivity index (χ1n) is 7.59. The lowest BCUT2D eigenvalue weighted by molar-refractivity contribution is -0.136. The largest absolute Gasteiger partial charge is 0.340 e. The van der Waals surface area contributed by atoms with Crippen LogP contribution in [0.1, 0.15) is 27.7 Å². The van der Waals surface area contributed by atoms with Gasteiger partial charge in [-0.1, -0.05) is 27.7 Å². The molecule has 1 amide bonds. The van der Waals surface area contributed by atoms with Crippen molar-refractivity contribution in [3.05, 3.63) is 0 Å². The Labute approximate surface area is 116 Å². The molecular formula is C15H27N3O. The van der Waals surface area contributed by atoms with Gasteiger partial charge in [0.1, 0.15) is 0 Å². The molecule has 1 aliphatic carbocycles. The molecule has 0 aromatic heterocycles. The first-order chi connectivity index (χ1) is 8.85. The number of piperazine rings is 1. The molecule has 2 aliphatic heterocycles. The van der Waals surface area contributed by atoms with E-state index in [9.17, 15) is 4.79 Å². The molecule has 0 bridgehead atoms. The summed E-state index contributed by atoms with van der Waals surface area (Å²) in [6.07, 6.45) is 0. The van der Waals surface area contributed by atoms with Crippen LogP contribution in [0.3, 0.4) is 0 Å². The predicted molar refractivity (Wildman–Crippen MR) is 75.9 cm³/mol. The van der Waals surface area contributed by atoms with Crippen LogP contribution in [0.25, 0.3) is 0 Å². The minimum absolute atomic E-state index is 0.166. The van der Waals surface area contributed by atoms with Gasteiger partial charge in [-0.3, -0.25) is 9.69 Å². The second-order valence-electron chi connectivity index (χ2n) is 7.55. The van der Waals surface area contributed by atoms with E-state index in [1.54, 1.807) is 0 Å². The number of hydrogen-bond donors (Lipinski definition) is 1. The van der Waals surface area contributed by atoms with Gasteiger partial charge in [0.05, 0.1) is 0 Å². The molecule has 0 radical (unpaired) electrons. The minimum Gasteiger partial charge on any atom is -0.340 e. The van der Waals surface area contributed by atoms with Crippen LogP contribution in [0.4, 0.5) is 0 Å². The van der Waals surface area contributed by atoms with Crippen molar-refractivity contribution in [1.82, 2.24) is 15.1 Å². The van der Waals surface area contributed by atoms with Crippen LogP contribution in [-0.2, 0) is 4.79 Å². The molecule has 3 fully saturated rings. The summed E-state index contributed by atoms with van der Waals surface area (Å²) in [6.45, 7) is 15.1. The van der Waals surface area contributed by atoms with E-state index < -0.39 is 0 Å². The lowest BCUT2D eigenvalue weighted by Crippen LogP contribution is -2.62. The van der Waals surface area contributed by atoms with E-state index in [2.05, 4.69) is 42.8 Å². The molecule has 2 saturated heterocycles. The predicted octanol–water partition coefficient (Wildman–Crippen LogP) is 0.785. The summed E-state index contributed by atoms with van der Waals surface area (Å²) in [5, 5.41) is 3.32. The van der Waals surface area contributed by atoms with Crippen LogP contribution < -0.4 is 5.32 Å². The van der Waals surface area contributed by atoms with Crippen molar-refractivity contribution in [1.29, 1.82) is 0 Å². The first kappa shape index (κ1) is 13.4. The Bertz CT molecular complexity index is 365. The standard InChI is InChI=1S/C15H27N3O/c1-14(2)12(15(14,3)4)13(19)18-7-5-17(6-8-18)11-9-16-10-11/h11-12,16H,5-10H2,1-4H3. The molecule has 4 nitrogen and oxygen atoms in total. The zero-order valence-electron chi connectivity index (χ0n) is 12.7. The quantitative estimate of drug-likeness (QED) is 0.801. The summed E-state index contributed by atoms with van der Waals surface area (Å²) in [5.41, 5.74) is 0.332. The third-order valence-corrected chi connectivity index (χ3v) is 6.17. The maximum absolute atomic E-state index is 12.6. The summed E-state index contributed by atoms with van der Waals surface area (Å²) in [4.78, 5) is 17.3. The van der Waals surface area contributed by atoms with Crippen LogP contribution >= 0.6 is 0 Å². The molecule has 3 aliphatic rings. The summed E-state index contributed by atoms with van der Waals surface area (Å²) < 4.78 is 0. The average molecular weight is 265 g/mol. The van der Waals surface area contributed by atoms with Gasteiger partial charge in [0.2, 0.25) is 5.91 Å². The number of carbonyl (C=O) groups excluding carboxylic acids is 1. The van der Waals surface area contributed by atoms with Crippen molar-refractivity contribution in [2.75, 3.05) is 39.3 Å². The summed E-state index contributed by atoms with van der Waals surface area (Å²) in [5.74, 6) is 0.610. The average Bonchev–Trinajstić information content (AvgIpc) is 2.67. The van der Waals surface area contributed by atoms with Gasteiger partial charge < -0.3 is 10.2 Å². The Balaban J connectivity index is 1.56. The highest BCUT2D eigenvalue weighted by atomic mass is 16.2. The van der Waals surface area contributed by atoms with Crippen LogP contribution in [0, 0.1) is 16.7 Å². The van der Waals surface area contributed by atoms with Crippen molar-refractivity contribution in [2.45, 2.75) is 33.7 Å². The molecule has 3 rings (SSSR count). The van der Waals surface area contributed by atoms with E-state index in [1.807, 2.05) is 0 Å². The van der Waals surface area contributed by atoms with Crippen LogP contribution in [0.5, 0.6) is 0 Å². The highest BCUT2D eigenvalue weighted by Crippen LogP contribution is 2.68. The van der Waals surface area contributed by atoms with Gasteiger partial charge in [-0.05, 0) is 10.8 Å². The van der Waals surface area contributed by atoms with Crippen molar-refractivity contribution < 1.29 is 4.79 Å². The van der Waals surface area contributed by atoms with E-state index in [0.717, 1.165) is 39.3 Å². The monoisotopic (exact) mass is 265 g/mol. The molecule has 1 N–H and O–H groups in total. The molecule has 0 atom stereocenters. The van der Waals surface area contributed by atoms with Crippen molar-refractivity contribution in [3.63, 3.8) is 0 Å². The molecule has 0 aromatic carbocycles. The Hall–Kier alpha value is -0.610. The second-order valence-corrected chi connectivity index (χ2v) is 7.55. The number of amides is 1. The lowest BCUT2D eigenvalue weighted by atomic mass is 10.0. The lowest BCUT2D eigenvalue weighted by Gasteiger charge is -2.43. The SMILES string of the molecule is CC1(C)C(C(=O)N2CCN(C3CNC3)CC2)C1(C)C. The fourth-order valence-electron chi connectivity index (χ4n) is 3.84. The first-order valence-corrected chi connectivity index (χ1v) is 7.59. The fraction of sp³-hybridized carbons (Fsp3) is 0.933. The Morgan fingerprint density at radius 3 is 1.89 bits per heavy atom. The minimum atomic E-state index is 0.166. The van der Waals surface area contributed by atoms with E-state index in [1.165, 1.54) is 0 Å². The normalized spacial score (nSPS) is 31.1.